The molecule has 1 aliphatic heterocycles. The lowest BCUT2D eigenvalue weighted by atomic mass is 10.2. The zero-order valence-corrected chi connectivity index (χ0v) is 11.5. The molecule has 0 N–H and O–H groups in total. The van der Waals surface area contributed by atoms with Crippen molar-refractivity contribution in [3.05, 3.63) is 41.7 Å². The number of rotatable bonds is 4. The number of carbonyl (C=O) groups excluding carboxylic acids is 1. The Morgan fingerprint density at radius 2 is 2.15 bits per heavy atom. The predicted molar refractivity (Wildman–Crippen MR) is 71.3 cm³/mol. The average molecular weight is 280 g/mol. The van der Waals surface area contributed by atoms with Crippen LogP contribution in [0.5, 0.6) is 0 Å². The second-order valence-electron chi connectivity index (χ2n) is 4.97. The number of ether oxygens (including phenoxy) is 3. The van der Waals surface area contributed by atoms with Crippen LogP contribution in [0.4, 0.5) is 4.39 Å². The molecule has 108 valence electrons. The Kier molecular flexibility index (Phi) is 4.52. The molecular formula is C15H17FO4. The summed E-state index contributed by atoms with van der Waals surface area (Å²) in [6.07, 6.45) is 2.62. The number of halogens is 1. The first-order valence-electron chi connectivity index (χ1n) is 6.37. The first kappa shape index (κ1) is 14.7. The molecule has 0 aliphatic carbocycles. The minimum absolute atomic E-state index is 0.149. The van der Waals surface area contributed by atoms with E-state index in [1.54, 1.807) is 18.2 Å². The summed E-state index contributed by atoms with van der Waals surface area (Å²) in [6.45, 7) is 4.17. The fourth-order valence-electron chi connectivity index (χ4n) is 1.81. The first-order chi connectivity index (χ1) is 9.44. The Balaban J connectivity index is 1.77. The first-order valence-corrected chi connectivity index (χ1v) is 6.37. The number of hydrogen-bond donors (Lipinski definition) is 0. The summed E-state index contributed by atoms with van der Waals surface area (Å²) < 4.78 is 28.6. The molecular weight excluding hydrogens is 263 g/mol. The van der Waals surface area contributed by atoms with Crippen LogP contribution < -0.4 is 0 Å². The van der Waals surface area contributed by atoms with E-state index in [9.17, 15) is 9.18 Å². The van der Waals surface area contributed by atoms with Gasteiger partial charge in [0.05, 0.1) is 6.61 Å². The fraction of sp³-hybridized carbons (Fsp3) is 0.400. The molecule has 1 aromatic carbocycles. The highest BCUT2D eigenvalue weighted by Gasteiger charge is 2.33. The maximum absolute atomic E-state index is 12.7. The van der Waals surface area contributed by atoms with E-state index in [4.69, 9.17) is 14.2 Å². The lowest BCUT2D eigenvalue weighted by Gasteiger charge is -2.16. The highest BCUT2D eigenvalue weighted by atomic mass is 19.1. The molecule has 0 amide bonds. The highest BCUT2D eigenvalue weighted by Crippen LogP contribution is 2.22. The van der Waals surface area contributed by atoms with Gasteiger partial charge in [-0.25, -0.2) is 9.18 Å². The van der Waals surface area contributed by atoms with E-state index in [0.29, 0.717) is 6.61 Å². The molecule has 2 rings (SSSR count). The standard InChI is InChI=1S/C15H17FO4/c1-15(2)19-10-13(20-15)9-18-14(17)8-5-11-3-6-12(16)7-4-11/h3-8,13H,9-10H2,1-2H3/b8-5+/t13-/m0/s1. The molecule has 0 spiro atoms. The molecule has 4 nitrogen and oxygen atoms in total. The van der Waals surface area contributed by atoms with Crippen molar-refractivity contribution in [3.8, 4) is 0 Å². The van der Waals surface area contributed by atoms with Gasteiger partial charge in [0, 0.05) is 6.08 Å². The van der Waals surface area contributed by atoms with Gasteiger partial charge in [0.15, 0.2) is 5.79 Å². The van der Waals surface area contributed by atoms with Gasteiger partial charge in [-0.3, -0.25) is 0 Å². The van der Waals surface area contributed by atoms with E-state index in [2.05, 4.69) is 0 Å². The molecule has 1 heterocycles. The van der Waals surface area contributed by atoms with E-state index in [1.807, 2.05) is 13.8 Å². The molecule has 20 heavy (non-hydrogen) atoms. The number of carbonyl (C=O) groups is 1. The van der Waals surface area contributed by atoms with Gasteiger partial charge in [0.25, 0.3) is 0 Å². The lowest BCUT2D eigenvalue weighted by molar-refractivity contribution is -0.154. The monoisotopic (exact) mass is 280 g/mol. The van der Waals surface area contributed by atoms with Crippen LogP contribution in [0.2, 0.25) is 0 Å². The zero-order chi connectivity index (χ0) is 14.6. The summed E-state index contributed by atoms with van der Waals surface area (Å²) in [7, 11) is 0. The fourth-order valence-corrected chi connectivity index (χ4v) is 1.81. The van der Waals surface area contributed by atoms with Crippen LogP contribution in [0.1, 0.15) is 19.4 Å². The Morgan fingerprint density at radius 3 is 2.75 bits per heavy atom. The van der Waals surface area contributed by atoms with Crippen molar-refractivity contribution in [2.75, 3.05) is 13.2 Å². The second kappa shape index (κ2) is 6.15. The quantitative estimate of drug-likeness (QED) is 0.628. The van der Waals surface area contributed by atoms with E-state index < -0.39 is 11.8 Å². The van der Waals surface area contributed by atoms with Crippen LogP contribution in [-0.4, -0.2) is 31.1 Å². The van der Waals surface area contributed by atoms with Crippen molar-refractivity contribution in [2.24, 2.45) is 0 Å². The van der Waals surface area contributed by atoms with Gasteiger partial charge < -0.3 is 14.2 Å². The van der Waals surface area contributed by atoms with Crippen molar-refractivity contribution in [3.63, 3.8) is 0 Å². The van der Waals surface area contributed by atoms with E-state index >= 15 is 0 Å². The third kappa shape index (κ3) is 4.43. The zero-order valence-electron chi connectivity index (χ0n) is 11.5. The van der Waals surface area contributed by atoms with Crippen LogP contribution >= 0.6 is 0 Å². The van der Waals surface area contributed by atoms with Gasteiger partial charge in [-0.15, -0.1) is 0 Å². The van der Waals surface area contributed by atoms with Crippen LogP contribution in [0, 0.1) is 5.82 Å². The Hall–Kier alpha value is -1.72. The normalized spacial score (nSPS) is 21.2. The van der Waals surface area contributed by atoms with Crippen molar-refractivity contribution >= 4 is 12.0 Å². The SMILES string of the molecule is CC1(C)OC[C@H](COC(=O)/C=C/c2ccc(F)cc2)O1. The van der Waals surface area contributed by atoms with Crippen LogP contribution in [0.15, 0.2) is 30.3 Å². The van der Waals surface area contributed by atoms with Crippen LogP contribution in [-0.2, 0) is 19.0 Å². The average Bonchev–Trinajstić information content (AvgIpc) is 2.75. The van der Waals surface area contributed by atoms with Gasteiger partial charge in [-0.2, -0.15) is 0 Å². The largest absolute Gasteiger partial charge is 0.460 e. The molecule has 0 aromatic heterocycles. The minimum atomic E-state index is -0.624. The van der Waals surface area contributed by atoms with Crippen molar-refractivity contribution < 1.29 is 23.4 Å². The van der Waals surface area contributed by atoms with Gasteiger partial charge in [-0.05, 0) is 37.6 Å². The van der Waals surface area contributed by atoms with Crippen molar-refractivity contribution in [1.29, 1.82) is 0 Å². The molecule has 1 aromatic rings. The van der Waals surface area contributed by atoms with Crippen molar-refractivity contribution in [1.82, 2.24) is 0 Å². The second-order valence-corrected chi connectivity index (χ2v) is 4.97. The van der Waals surface area contributed by atoms with Gasteiger partial charge in [-0.1, -0.05) is 12.1 Å². The van der Waals surface area contributed by atoms with E-state index in [0.717, 1.165) is 5.56 Å². The Labute approximate surface area is 117 Å². The molecule has 1 fully saturated rings. The Morgan fingerprint density at radius 1 is 1.45 bits per heavy atom. The maximum Gasteiger partial charge on any atom is 0.330 e. The molecule has 0 saturated carbocycles. The highest BCUT2D eigenvalue weighted by molar-refractivity contribution is 5.87. The molecule has 1 saturated heterocycles. The van der Waals surface area contributed by atoms with Gasteiger partial charge in [0.2, 0.25) is 0 Å². The van der Waals surface area contributed by atoms with E-state index in [-0.39, 0.29) is 18.5 Å². The topological polar surface area (TPSA) is 44.8 Å². The Bertz CT molecular complexity index is 493. The number of hydrogen-bond acceptors (Lipinski definition) is 4. The predicted octanol–water partition coefficient (Wildman–Crippen LogP) is 2.53. The third-order valence-electron chi connectivity index (χ3n) is 2.76. The molecule has 0 unspecified atom stereocenters. The summed E-state index contributed by atoms with van der Waals surface area (Å²) >= 11 is 0. The number of esters is 1. The van der Waals surface area contributed by atoms with Crippen LogP contribution in [0.25, 0.3) is 6.08 Å². The van der Waals surface area contributed by atoms with E-state index in [1.165, 1.54) is 18.2 Å². The third-order valence-corrected chi connectivity index (χ3v) is 2.76. The van der Waals surface area contributed by atoms with Gasteiger partial charge >= 0.3 is 5.97 Å². The molecule has 0 bridgehead atoms. The molecule has 0 radical (unpaired) electrons. The maximum atomic E-state index is 12.7. The summed E-state index contributed by atoms with van der Waals surface area (Å²) in [5, 5.41) is 0. The lowest BCUT2D eigenvalue weighted by Crippen LogP contribution is -2.24. The molecule has 1 aliphatic rings. The van der Waals surface area contributed by atoms with Crippen molar-refractivity contribution in [2.45, 2.75) is 25.7 Å². The summed E-state index contributed by atoms with van der Waals surface area (Å²) in [6, 6.07) is 5.82. The molecule has 1 atom stereocenters. The smallest absolute Gasteiger partial charge is 0.330 e. The summed E-state index contributed by atoms with van der Waals surface area (Å²) in [5.41, 5.74) is 0.727. The van der Waals surface area contributed by atoms with Gasteiger partial charge in [0.1, 0.15) is 18.5 Å². The van der Waals surface area contributed by atoms with Crippen LogP contribution in [0.3, 0.4) is 0 Å². The summed E-state index contributed by atoms with van der Waals surface area (Å²) in [5.74, 6) is -1.41. The summed E-state index contributed by atoms with van der Waals surface area (Å²) in [4.78, 5) is 11.5. The number of benzene rings is 1. The minimum Gasteiger partial charge on any atom is -0.460 e. The molecule has 5 heteroatoms.